The third kappa shape index (κ3) is 4.13. The van der Waals surface area contributed by atoms with Crippen molar-refractivity contribution in [1.29, 1.82) is 0 Å². The van der Waals surface area contributed by atoms with Crippen LogP contribution in [-0.2, 0) is 15.7 Å². The Balaban J connectivity index is 1.28. The minimum atomic E-state index is -4.44. The molecule has 0 amide bonds. The molecule has 6 rings (SSSR count). The third-order valence-corrected chi connectivity index (χ3v) is 6.58. The molecule has 0 unspecified atom stereocenters. The summed E-state index contributed by atoms with van der Waals surface area (Å²) in [5.41, 5.74) is 2.01. The average molecular weight is 502 g/mol. The van der Waals surface area contributed by atoms with E-state index in [0.717, 1.165) is 12.5 Å². The van der Waals surface area contributed by atoms with Crippen LogP contribution in [0.3, 0.4) is 0 Å². The summed E-state index contributed by atoms with van der Waals surface area (Å²) < 4.78 is 57.6. The number of imidazole rings is 1. The average Bonchev–Trinajstić information content (AvgIpc) is 3.55. The number of fused-ring (bicyclic) bond motifs is 2. The van der Waals surface area contributed by atoms with Crippen molar-refractivity contribution in [1.82, 2.24) is 15.0 Å². The van der Waals surface area contributed by atoms with E-state index in [1.807, 2.05) is 0 Å². The lowest BCUT2D eigenvalue weighted by atomic mass is 9.98. The monoisotopic (exact) mass is 501 g/mol. The van der Waals surface area contributed by atoms with E-state index in [1.165, 1.54) is 12.1 Å². The minimum absolute atomic E-state index is 0.0506. The highest BCUT2D eigenvalue weighted by Crippen LogP contribution is 2.38. The van der Waals surface area contributed by atoms with Gasteiger partial charge in [-0.15, -0.1) is 0 Å². The van der Waals surface area contributed by atoms with Gasteiger partial charge in [-0.05, 0) is 29.7 Å². The van der Waals surface area contributed by atoms with Crippen LogP contribution in [0.5, 0.6) is 6.01 Å². The van der Waals surface area contributed by atoms with Gasteiger partial charge in [-0.1, -0.05) is 54.1 Å². The topological polar surface area (TPSA) is 69.3 Å². The molecule has 2 saturated heterocycles. The number of halogens is 4. The molecule has 4 aromatic rings. The number of nitrogens with zero attached hydrogens (tertiary/aromatic N) is 2. The molecule has 2 aliphatic heterocycles. The van der Waals surface area contributed by atoms with E-state index in [1.54, 1.807) is 36.4 Å². The van der Waals surface area contributed by atoms with E-state index < -0.39 is 11.7 Å². The Morgan fingerprint density at radius 2 is 1.77 bits per heavy atom. The Kier molecular flexibility index (Phi) is 5.43. The predicted octanol–water partition coefficient (Wildman–Crippen LogP) is 5.90. The summed E-state index contributed by atoms with van der Waals surface area (Å²) in [7, 11) is 0. The fraction of sp³-hybridized carbons (Fsp3) is 0.280. The molecular weight excluding hydrogens is 483 g/mol. The van der Waals surface area contributed by atoms with E-state index in [-0.39, 0.29) is 23.9 Å². The van der Waals surface area contributed by atoms with Crippen molar-refractivity contribution < 1.29 is 27.4 Å². The number of pyridine rings is 1. The van der Waals surface area contributed by atoms with Gasteiger partial charge in [0, 0.05) is 12.2 Å². The Morgan fingerprint density at radius 3 is 2.57 bits per heavy atom. The van der Waals surface area contributed by atoms with Crippen LogP contribution in [0.4, 0.5) is 13.2 Å². The van der Waals surface area contributed by atoms with Crippen LogP contribution in [0.25, 0.3) is 33.5 Å². The molecule has 3 atom stereocenters. The molecule has 0 spiro atoms. The molecule has 6 nitrogen and oxygen atoms in total. The van der Waals surface area contributed by atoms with Gasteiger partial charge in [0.25, 0.3) is 6.01 Å². The Bertz CT molecular complexity index is 1390. The number of hydrogen-bond donors (Lipinski definition) is 1. The number of alkyl halides is 3. The van der Waals surface area contributed by atoms with Crippen molar-refractivity contribution in [3.63, 3.8) is 0 Å². The minimum Gasteiger partial charge on any atom is -0.456 e. The summed E-state index contributed by atoms with van der Waals surface area (Å²) in [6.45, 7) is 1.08. The largest absolute Gasteiger partial charge is 0.456 e. The first-order valence-corrected chi connectivity index (χ1v) is 11.5. The van der Waals surface area contributed by atoms with Crippen molar-refractivity contribution in [3.05, 3.63) is 65.2 Å². The first kappa shape index (κ1) is 22.3. The standard InChI is InChI=1S/C25H19ClF3N3O3/c26-17-11-18-23(32-24(30-18)35-20-12-34-19-9-10-33-22(19)20)31-21(17)14-7-5-13(6-8-14)15-3-1-2-4-16(15)25(27,28)29/h1-8,11,19-20,22H,9-10,12H2,(H,30,31,32)/t19-,20-,22+/m1/s1. The second kappa shape index (κ2) is 8.51. The van der Waals surface area contributed by atoms with Gasteiger partial charge in [-0.2, -0.15) is 18.2 Å². The highest BCUT2D eigenvalue weighted by atomic mass is 35.5. The van der Waals surface area contributed by atoms with E-state index in [2.05, 4.69) is 15.0 Å². The SMILES string of the molecule is FC(F)(F)c1ccccc1-c1ccc(-c2nc3nc(O[C@@H]4CO[C@@H]5CCO[C@@H]54)[nH]c3cc2Cl)cc1. The number of hydrogen-bond acceptors (Lipinski definition) is 5. The lowest BCUT2D eigenvalue weighted by molar-refractivity contribution is -0.137. The first-order chi connectivity index (χ1) is 16.9. The van der Waals surface area contributed by atoms with Gasteiger partial charge >= 0.3 is 6.18 Å². The Hall–Kier alpha value is -3.14. The van der Waals surface area contributed by atoms with Crippen molar-refractivity contribution in [3.8, 4) is 28.4 Å². The van der Waals surface area contributed by atoms with Gasteiger partial charge in [0.2, 0.25) is 0 Å². The van der Waals surface area contributed by atoms with Crippen LogP contribution in [-0.4, -0.2) is 46.5 Å². The summed E-state index contributed by atoms with van der Waals surface area (Å²) in [5, 5.41) is 0.375. The summed E-state index contributed by atoms with van der Waals surface area (Å²) in [6, 6.07) is 14.1. The second-order valence-corrected chi connectivity index (χ2v) is 8.91. The zero-order valence-electron chi connectivity index (χ0n) is 18.2. The van der Waals surface area contributed by atoms with Crippen LogP contribution in [0, 0.1) is 0 Å². The maximum atomic E-state index is 13.4. The highest BCUT2D eigenvalue weighted by Gasteiger charge is 2.43. The van der Waals surface area contributed by atoms with Crippen LogP contribution < -0.4 is 4.74 Å². The van der Waals surface area contributed by atoms with Gasteiger partial charge in [-0.3, -0.25) is 0 Å². The van der Waals surface area contributed by atoms with Crippen molar-refractivity contribution in [2.45, 2.75) is 30.9 Å². The maximum absolute atomic E-state index is 13.4. The first-order valence-electron chi connectivity index (χ1n) is 11.1. The van der Waals surface area contributed by atoms with Gasteiger partial charge in [0.15, 0.2) is 11.8 Å². The lowest BCUT2D eigenvalue weighted by Crippen LogP contribution is -2.32. The third-order valence-electron chi connectivity index (χ3n) is 6.29. The molecule has 35 heavy (non-hydrogen) atoms. The molecule has 10 heteroatoms. The Labute approximate surface area is 203 Å². The molecule has 2 aliphatic rings. The van der Waals surface area contributed by atoms with Gasteiger partial charge in [0.1, 0.15) is 6.10 Å². The summed E-state index contributed by atoms with van der Waals surface area (Å²) in [6.07, 6.45) is -3.91. The molecule has 2 aromatic carbocycles. The zero-order valence-corrected chi connectivity index (χ0v) is 18.9. The summed E-state index contributed by atoms with van der Waals surface area (Å²) >= 11 is 6.49. The number of benzene rings is 2. The fourth-order valence-electron chi connectivity index (χ4n) is 4.62. The van der Waals surface area contributed by atoms with E-state index >= 15 is 0 Å². The smallest absolute Gasteiger partial charge is 0.417 e. The quantitative estimate of drug-likeness (QED) is 0.377. The van der Waals surface area contributed by atoms with Crippen molar-refractivity contribution in [2.24, 2.45) is 0 Å². The molecule has 0 aliphatic carbocycles. The van der Waals surface area contributed by atoms with Gasteiger partial charge in [0.05, 0.1) is 34.5 Å². The summed E-state index contributed by atoms with van der Waals surface area (Å²) in [4.78, 5) is 12.1. The van der Waals surface area contributed by atoms with Crippen molar-refractivity contribution >= 4 is 22.8 Å². The van der Waals surface area contributed by atoms with Gasteiger partial charge < -0.3 is 19.2 Å². The second-order valence-electron chi connectivity index (χ2n) is 8.50. The lowest BCUT2D eigenvalue weighted by Gasteiger charge is -2.15. The number of nitrogens with one attached hydrogen (secondary N) is 1. The summed E-state index contributed by atoms with van der Waals surface area (Å²) in [5.74, 6) is 0. The normalized spacial score (nSPS) is 22.0. The predicted molar refractivity (Wildman–Crippen MR) is 123 cm³/mol. The maximum Gasteiger partial charge on any atom is 0.417 e. The van der Waals surface area contributed by atoms with Crippen LogP contribution >= 0.6 is 11.6 Å². The number of rotatable bonds is 4. The van der Waals surface area contributed by atoms with Gasteiger partial charge in [-0.25, -0.2) is 4.98 Å². The molecule has 2 fully saturated rings. The molecule has 180 valence electrons. The number of aromatic nitrogens is 3. The molecule has 4 heterocycles. The molecule has 1 N–H and O–H groups in total. The molecule has 0 saturated carbocycles. The van der Waals surface area contributed by atoms with E-state index in [0.29, 0.717) is 52.2 Å². The Morgan fingerprint density at radius 1 is 1.00 bits per heavy atom. The van der Waals surface area contributed by atoms with Crippen molar-refractivity contribution in [2.75, 3.05) is 13.2 Å². The molecule has 0 bridgehead atoms. The highest BCUT2D eigenvalue weighted by molar-refractivity contribution is 6.33. The number of ether oxygens (including phenoxy) is 3. The van der Waals surface area contributed by atoms with Crippen LogP contribution in [0.15, 0.2) is 54.6 Å². The number of H-pyrrole nitrogens is 1. The van der Waals surface area contributed by atoms with E-state index in [9.17, 15) is 13.2 Å². The molecule has 2 aromatic heterocycles. The molecular formula is C25H19ClF3N3O3. The van der Waals surface area contributed by atoms with Crippen LogP contribution in [0.2, 0.25) is 5.02 Å². The molecule has 0 radical (unpaired) electrons. The zero-order chi connectivity index (χ0) is 24.2. The fourth-order valence-corrected chi connectivity index (χ4v) is 4.88. The number of aromatic amines is 1. The van der Waals surface area contributed by atoms with Crippen LogP contribution in [0.1, 0.15) is 12.0 Å². The van der Waals surface area contributed by atoms with E-state index in [4.69, 9.17) is 25.8 Å².